The molecular formula is C14H26N4O3. The number of rotatable bonds is 7. The van der Waals surface area contributed by atoms with E-state index in [1.54, 1.807) is 0 Å². The molecule has 0 unspecified atom stereocenters. The van der Waals surface area contributed by atoms with Crippen molar-refractivity contribution in [3.63, 3.8) is 0 Å². The minimum atomic E-state index is -0.739. The van der Waals surface area contributed by atoms with E-state index in [0.29, 0.717) is 57.0 Å². The smallest absolute Gasteiger partial charge is 0.318 e. The highest BCUT2D eigenvalue weighted by atomic mass is 16.5. The first-order chi connectivity index (χ1) is 9.98. The third-order valence-corrected chi connectivity index (χ3v) is 3.57. The van der Waals surface area contributed by atoms with Crippen LogP contribution in [0.2, 0.25) is 0 Å². The lowest BCUT2D eigenvalue weighted by Crippen LogP contribution is -2.45. The third kappa shape index (κ3) is 4.94. The zero-order valence-electron chi connectivity index (χ0n) is 13.1. The lowest BCUT2D eigenvalue weighted by Gasteiger charge is -2.34. The largest absolute Gasteiger partial charge is 0.407 e. The van der Waals surface area contributed by atoms with E-state index >= 15 is 0 Å². The van der Waals surface area contributed by atoms with Gasteiger partial charge < -0.3 is 24.5 Å². The van der Waals surface area contributed by atoms with Gasteiger partial charge in [-0.05, 0) is 12.5 Å². The molecule has 0 spiro atoms. The summed E-state index contributed by atoms with van der Waals surface area (Å²) in [6, 6.07) is 0.441. The second kappa shape index (κ2) is 7.20. The summed E-state index contributed by atoms with van der Waals surface area (Å²) in [4.78, 5) is 1.81. The van der Waals surface area contributed by atoms with Gasteiger partial charge in [0.1, 0.15) is 0 Å². The Labute approximate surface area is 125 Å². The molecule has 1 aromatic heterocycles. The molecule has 1 saturated heterocycles. The molecule has 2 rings (SSSR count). The van der Waals surface area contributed by atoms with Crippen molar-refractivity contribution in [3.05, 3.63) is 5.89 Å². The Morgan fingerprint density at radius 2 is 2.05 bits per heavy atom. The van der Waals surface area contributed by atoms with Gasteiger partial charge in [-0.25, -0.2) is 0 Å². The number of anilines is 1. The first kappa shape index (κ1) is 16.2. The molecule has 1 aromatic rings. The summed E-state index contributed by atoms with van der Waals surface area (Å²) in [5.41, 5.74) is -0.739. The van der Waals surface area contributed by atoms with Crippen molar-refractivity contribution < 1.29 is 14.3 Å². The second-order valence-electron chi connectivity index (χ2n) is 6.20. The summed E-state index contributed by atoms with van der Waals surface area (Å²) in [5, 5.41) is 21.8. The molecule has 120 valence electrons. The summed E-state index contributed by atoms with van der Waals surface area (Å²) in [5.74, 6) is 1.15. The number of aliphatic hydroxyl groups is 1. The maximum absolute atomic E-state index is 10.5. The monoisotopic (exact) mass is 298 g/mol. The fraction of sp³-hybridized carbons (Fsp3) is 0.857. The number of hydrogen-bond acceptors (Lipinski definition) is 7. The van der Waals surface area contributed by atoms with Gasteiger partial charge in [-0.15, -0.1) is 5.10 Å². The van der Waals surface area contributed by atoms with Crippen molar-refractivity contribution in [1.82, 2.24) is 15.5 Å². The van der Waals surface area contributed by atoms with Gasteiger partial charge in [0, 0.05) is 33.1 Å². The minimum Gasteiger partial charge on any atom is -0.407 e. The Balaban J connectivity index is 1.85. The van der Waals surface area contributed by atoms with Gasteiger partial charge in [-0.1, -0.05) is 18.9 Å². The number of nitrogens with zero attached hydrogens (tertiary/aromatic N) is 3. The van der Waals surface area contributed by atoms with Crippen molar-refractivity contribution in [2.45, 2.75) is 38.8 Å². The Kier molecular flexibility index (Phi) is 5.55. The summed E-state index contributed by atoms with van der Waals surface area (Å²) >= 11 is 0. The lowest BCUT2D eigenvalue weighted by atomic mass is 9.94. The molecule has 1 aliphatic heterocycles. The van der Waals surface area contributed by atoms with Gasteiger partial charge in [0.05, 0.1) is 18.7 Å². The average molecular weight is 298 g/mol. The summed E-state index contributed by atoms with van der Waals surface area (Å²) < 4.78 is 10.9. The Morgan fingerprint density at radius 1 is 1.33 bits per heavy atom. The summed E-state index contributed by atoms with van der Waals surface area (Å²) in [7, 11) is 1.85. The molecule has 7 nitrogen and oxygen atoms in total. The van der Waals surface area contributed by atoms with Crippen LogP contribution in [0.5, 0.6) is 0 Å². The molecule has 1 aliphatic rings. The van der Waals surface area contributed by atoms with E-state index in [2.05, 4.69) is 29.4 Å². The predicted molar refractivity (Wildman–Crippen MR) is 79.1 cm³/mol. The third-order valence-electron chi connectivity index (χ3n) is 3.57. The number of likely N-dealkylation sites (N-methyl/N-ethyl adjacent to an activating group) is 1. The van der Waals surface area contributed by atoms with Crippen molar-refractivity contribution in [3.8, 4) is 0 Å². The van der Waals surface area contributed by atoms with E-state index in [1.165, 1.54) is 0 Å². The normalized spacial score (nSPS) is 18.1. The fourth-order valence-corrected chi connectivity index (χ4v) is 2.36. The molecule has 2 N–H and O–H groups in total. The highest BCUT2D eigenvalue weighted by Crippen LogP contribution is 2.23. The topological polar surface area (TPSA) is 83.7 Å². The highest BCUT2D eigenvalue weighted by molar-refractivity contribution is 5.23. The molecule has 0 radical (unpaired) electrons. The van der Waals surface area contributed by atoms with Gasteiger partial charge in [-0.2, -0.15) is 0 Å². The predicted octanol–water partition coefficient (Wildman–Crippen LogP) is 0.793. The Hall–Kier alpha value is -1.18. The van der Waals surface area contributed by atoms with Crippen molar-refractivity contribution in [2.24, 2.45) is 5.92 Å². The van der Waals surface area contributed by atoms with E-state index in [1.807, 2.05) is 11.9 Å². The van der Waals surface area contributed by atoms with E-state index < -0.39 is 5.60 Å². The molecular weight excluding hydrogens is 272 g/mol. The number of ether oxygens (including phenoxy) is 1. The Morgan fingerprint density at radius 3 is 2.71 bits per heavy atom. The molecule has 21 heavy (non-hydrogen) atoms. The molecule has 7 heteroatoms. The maximum atomic E-state index is 10.5. The minimum absolute atomic E-state index is 0.441. The lowest BCUT2D eigenvalue weighted by molar-refractivity contribution is -0.0576. The molecule has 0 bridgehead atoms. The van der Waals surface area contributed by atoms with Crippen LogP contribution in [0.25, 0.3) is 0 Å². The van der Waals surface area contributed by atoms with Crippen LogP contribution in [0.1, 0.15) is 32.6 Å². The Bertz CT molecular complexity index is 430. The number of hydrogen-bond donors (Lipinski definition) is 2. The first-order valence-corrected chi connectivity index (χ1v) is 7.53. The van der Waals surface area contributed by atoms with Crippen LogP contribution >= 0.6 is 0 Å². The van der Waals surface area contributed by atoms with E-state index in [9.17, 15) is 5.11 Å². The van der Waals surface area contributed by atoms with Gasteiger partial charge in [-0.3, -0.25) is 0 Å². The van der Waals surface area contributed by atoms with Gasteiger partial charge in [0.2, 0.25) is 5.89 Å². The molecule has 0 aromatic carbocycles. The van der Waals surface area contributed by atoms with Gasteiger partial charge in [0.15, 0.2) is 0 Å². The maximum Gasteiger partial charge on any atom is 0.318 e. The van der Waals surface area contributed by atoms with Crippen molar-refractivity contribution in [2.75, 3.05) is 38.3 Å². The molecule has 0 aliphatic carbocycles. The molecule has 2 heterocycles. The SMILES string of the molecule is CC(C)CNCc1nnc(N(C)CC2(O)CCOCC2)o1. The fourth-order valence-electron chi connectivity index (χ4n) is 2.36. The van der Waals surface area contributed by atoms with Gasteiger partial charge in [0.25, 0.3) is 0 Å². The van der Waals surface area contributed by atoms with Crippen LogP contribution < -0.4 is 10.2 Å². The molecule has 0 saturated carbocycles. The van der Waals surface area contributed by atoms with Crippen LogP contribution in [-0.2, 0) is 11.3 Å². The summed E-state index contributed by atoms with van der Waals surface area (Å²) in [6.45, 7) is 7.43. The first-order valence-electron chi connectivity index (χ1n) is 7.53. The van der Waals surface area contributed by atoms with Gasteiger partial charge >= 0.3 is 6.01 Å². The molecule has 1 fully saturated rings. The molecule has 0 amide bonds. The zero-order valence-corrected chi connectivity index (χ0v) is 13.1. The molecule has 0 atom stereocenters. The second-order valence-corrected chi connectivity index (χ2v) is 6.20. The van der Waals surface area contributed by atoms with Crippen LogP contribution in [0.3, 0.4) is 0 Å². The quantitative estimate of drug-likeness (QED) is 0.770. The average Bonchev–Trinajstić information content (AvgIpc) is 2.87. The summed E-state index contributed by atoms with van der Waals surface area (Å²) in [6.07, 6.45) is 1.27. The zero-order chi connectivity index (χ0) is 15.3. The number of nitrogens with one attached hydrogen (secondary N) is 1. The van der Waals surface area contributed by atoms with Crippen LogP contribution in [-0.4, -0.2) is 54.3 Å². The van der Waals surface area contributed by atoms with Crippen LogP contribution in [0, 0.1) is 5.92 Å². The van der Waals surface area contributed by atoms with Crippen LogP contribution in [0.15, 0.2) is 4.42 Å². The van der Waals surface area contributed by atoms with Crippen LogP contribution in [0.4, 0.5) is 6.01 Å². The van der Waals surface area contributed by atoms with Crippen molar-refractivity contribution >= 4 is 6.01 Å². The standard InChI is InChI=1S/C14H26N4O3/c1-11(2)8-15-9-12-16-17-13(21-12)18(3)10-14(19)4-6-20-7-5-14/h11,15,19H,4-10H2,1-3H3. The van der Waals surface area contributed by atoms with E-state index in [-0.39, 0.29) is 0 Å². The number of aromatic nitrogens is 2. The van der Waals surface area contributed by atoms with E-state index in [4.69, 9.17) is 9.15 Å². The van der Waals surface area contributed by atoms with E-state index in [0.717, 1.165) is 6.54 Å². The highest BCUT2D eigenvalue weighted by Gasteiger charge is 2.32. The van der Waals surface area contributed by atoms with Crippen molar-refractivity contribution in [1.29, 1.82) is 0 Å².